The summed E-state index contributed by atoms with van der Waals surface area (Å²) in [5.41, 5.74) is 0.870. The number of likely N-dealkylation sites (tertiary alicyclic amines) is 1. The summed E-state index contributed by atoms with van der Waals surface area (Å²) in [6, 6.07) is 1.78. The van der Waals surface area contributed by atoms with Crippen molar-refractivity contribution in [2.75, 3.05) is 38.5 Å². The predicted molar refractivity (Wildman–Crippen MR) is 131 cm³/mol. The Bertz CT molecular complexity index is 1160. The Balaban J connectivity index is 1.41. The lowest BCUT2D eigenvalue weighted by atomic mass is 10.2. The minimum atomic E-state index is -1.16. The summed E-state index contributed by atoms with van der Waals surface area (Å²) >= 11 is 7.03. The first kappa shape index (κ1) is 25.9. The molecule has 2 atom stereocenters. The molecule has 12 nitrogen and oxygen atoms in total. The first-order chi connectivity index (χ1) is 17.2. The number of rotatable bonds is 6. The average molecular weight is 536 g/mol. The zero-order valence-corrected chi connectivity index (χ0v) is 21.1. The Kier molecular flexibility index (Phi) is 8.14. The van der Waals surface area contributed by atoms with Crippen molar-refractivity contribution in [3.8, 4) is 0 Å². The first-order valence-electron chi connectivity index (χ1n) is 11.3. The summed E-state index contributed by atoms with van der Waals surface area (Å²) in [5.74, 6) is -2.88. The lowest BCUT2D eigenvalue weighted by molar-refractivity contribution is -0.137. The summed E-state index contributed by atoms with van der Waals surface area (Å²) in [6.07, 6.45) is 1.82. The average Bonchev–Trinajstić information content (AvgIpc) is 3.48. The van der Waals surface area contributed by atoms with E-state index < -0.39 is 35.8 Å². The second kappa shape index (κ2) is 11.3. The highest BCUT2D eigenvalue weighted by Gasteiger charge is 2.33. The molecule has 1 unspecified atom stereocenters. The molecule has 0 saturated carbocycles. The van der Waals surface area contributed by atoms with E-state index in [1.165, 1.54) is 34.6 Å². The molecule has 4 N–H and O–H groups in total. The van der Waals surface area contributed by atoms with E-state index in [1.807, 2.05) is 7.05 Å². The van der Waals surface area contributed by atoms with Crippen LogP contribution in [-0.4, -0.2) is 93.9 Å². The molecule has 14 heteroatoms. The Hall–Kier alpha value is -3.13. The van der Waals surface area contributed by atoms with Crippen molar-refractivity contribution in [2.45, 2.75) is 31.5 Å². The molecule has 0 bridgehead atoms. The fourth-order valence-electron chi connectivity index (χ4n) is 3.90. The fraction of sp³-hybridized carbons (Fsp3) is 0.455. The number of aliphatic hydroxyl groups excluding tert-OH is 1. The number of hydrogen-bond acceptors (Lipinski definition) is 9. The standard InChI is InChI=1S/C22H26ClN7O5S/c1-29-6-5-14-16(11-29)36-21(27-14)20(34)26-15(22(35)30-7-4-13(31)10-30)9-25-18(32)19(33)28-17-3-2-12(23)8-24-17/h2-3,8,13,15,31H,4-7,9-11H2,1H3,(H,25,32)(H,26,34)(H,24,28,33)/t13-,15?/m1/s1. The van der Waals surface area contributed by atoms with Crippen molar-refractivity contribution in [1.29, 1.82) is 0 Å². The van der Waals surface area contributed by atoms with E-state index in [4.69, 9.17) is 11.6 Å². The predicted octanol–water partition coefficient (Wildman–Crippen LogP) is -0.374. The highest BCUT2D eigenvalue weighted by Crippen LogP contribution is 2.24. The van der Waals surface area contributed by atoms with Gasteiger partial charge in [0.25, 0.3) is 5.91 Å². The first-order valence-corrected chi connectivity index (χ1v) is 12.5. The number of amides is 4. The van der Waals surface area contributed by atoms with Gasteiger partial charge in [-0.15, -0.1) is 11.3 Å². The molecular weight excluding hydrogens is 510 g/mol. The Morgan fingerprint density at radius 2 is 2.06 bits per heavy atom. The molecule has 4 rings (SSSR count). The van der Waals surface area contributed by atoms with Gasteiger partial charge in [0.15, 0.2) is 5.01 Å². The van der Waals surface area contributed by atoms with Crippen LogP contribution in [0, 0.1) is 0 Å². The number of thiazole rings is 1. The third-order valence-electron chi connectivity index (χ3n) is 5.84. The summed E-state index contributed by atoms with van der Waals surface area (Å²) in [5, 5.41) is 17.8. The van der Waals surface area contributed by atoms with Crippen molar-refractivity contribution < 1.29 is 24.3 Å². The number of aromatic nitrogens is 2. The van der Waals surface area contributed by atoms with Crippen LogP contribution in [0.2, 0.25) is 5.02 Å². The zero-order valence-electron chi connectivity index (χ0n) is 19.5. The summed E-state index contributed by atoms with van der Waals surface area (Å²) in [4.78, 5) is 63.6. The van der Waals surface area contributed by atoms with Gasteiger partial charge >= 0.3 is 11.8 Å². The number of fused-ring (bicyclic) bond motifs is 1. The Morgan fingerprint density at radius 1 is 1.25 bits per heavy atom. The molecule has 2 aromatic heterocycles. The number of carbonyl (C=O) groups is 4. The van der Waals surface area contributed by atoms with Gasteiger partial charge < -0.3 is 30.9 Å². The largest absolute Gasteiger partial charge is 0.391 e. The van der Waals surface area contributed by atoms with Gasteiger partial charge in [-0.2, -0.15) is 0 Å². The number of nitrogens with one attached hydrogen (secondary N) is 3. The third-order valence-corrected chi connectivity index (χ3v) is 7.14. The number of β-amino-alcohol motifs (C(OH)–C–C–N with tert-alkyl or cyclic N) is 1. The highest BCUT2D eigenvalue weighted by molar-refractivity contribution is 7.13. The second-order valence-corrected chi connectivity index (χ2v) is 10.2. The SMILES string of the molecule is CN1CCc2nc(C(=O)NC(CNC(=O)C(=O)Nc3ccc(Cl)cn3)C(=O)N3CC[C@@H](O)C3)sc2C1. The zero-order chi connectivity index (χ0) is 25.8. The van der Waals surface area contributed by atoms with Gasteiger partial charge in [-0.25, -0.2) is 9.97 Å². The Labute approximate surface area is 216 Å². The second-order valence-electron chi connectivity index (χ2n) is 8.66. The maximum atomic E-state index is 13.1. The molecule has 0 spiro atoms. The van der Waals surface area contributed by atoms with Gasteiger partial charge in [-0.05, 0) is 25.6 Å². The number of aliphatic hydroxyl groups is 1. The number of carbonyl (C=O) groups excluding carboxylic acids is 4. The number of pyridine rings is 1. The van der Waals surface area contributed by atoms with E-state index >= 15 is 0 Å². The Morgan fingerprint density at radius 3 is 2.75 bits per heavy atom. The third kappa shape index (κ3) is 6.35. The maximum absolute atomic E-state index is 13.1. The van der Waals surface area contributed by atoms with E-state index in [0.29, 0.717) is 24.5 Å². The van der Waals surface area contributed by atoms with Gasteiger partial charge in [0.1, 0.15) is 11.9 Å². The number of anilines is 1. The van der Waals surface area contributed by atoms with Crippen molar-refractivity contribution in [3.05, 3.63) is 38.9 Å². The number of likely N-dealkylation sites (N-methyl/N-ethyl adjacent to an activating group) is 1. The topological polar surface area (TPSA) is 157 Å². The van der Waals surface area contributed by atoms with E-state index in [0.717, 1.165) is 23.5 Å². The van der Waals surface area contributed by atoms with E-state index in [9.17, 15) is 24.3 Å². The molecule has 1 saturated heterocycles. The normalized spacial score (nSPS) is 18.3. The molecule has 192 valence electrons. The van der Waals surface area contributed by atoms with Crippen LogP contribution in [0.25, 0.3) is 0 Å². The fourth-order valence-corrected chi connectivity index (χ4v) is 5.10. The number of nitrogens with zero attached hydrogens (tertiary/aromatic N) is 4. The molecule has 0 radical (unpaired) electrons. The summed E-state index contributed by atoms with van der Waals surface area (Å²) in [7, 11) is 1.99. The molecule has 2 aromatic rings. The van der Waals surface area contributed by atoms with Gasteiger partial charge in [0, 0.05) is 50.2 Å². The molecule has 0 aliphatic carbocycles. The molecular formula is C22H26ClN7O5S. The van der Waals surface area contributed by atoms with Gasteiger partial charge in [0.05, 0.1) is 16.8 Å². The lowest BCUT2D eigenvalue weighted by Crippen LogP contribution is -2.54. The van der Waals surface area contributed by atoms with Crippen LogP contribution in [0.1, 0.15) is 26.8 Å². The molecule has 1 fully saturated rings. The molecule has 4 amide bonds. The molecule has 0 aromatic carbocycles. The van der Waals surface area contributed by atoms with Crippen molar-refractivity contribution >= 4 is 52.4 Å². The monoisotopic (exact) mass is 535 g/mol. The molecule has 2 aliphatic rings. The van der Waals surface area contributed by atoms with Crippen LogP contribution < -0.4 is 16.0 Å². The molecule has 4 heterocycles. The van der Waals surface area contributed by atoms with Crippen LogP contribution in [0.15, 0.2) is 18.3 Å². The quantitative estimate of drug-likeness (QED) is 0.365. The minimum absolute atomic E-state index is 0.125. The van der Waals surface area contributed by atoms with Crippen molar-refractivity contribution in [1.82, 2.24) is 30.4 Å². The number of hydrogen-bond donors (Lipinski definition) is 4. The smallest absolute Gasteiger partial charge is 0.314 e. The lowest BCUT2D eigenvalue weighted by Gasteiger charge is -2.24. The van der Waals surface area contributed by atoms with Gasteiger partial charge in [-0.3, -0.25) is 19.2 Å². The minimum Gasteiger partial charge on any atom is -0.391 e. The van der Waals surface area contributed by atoms with Crippen LogP contribution in [0.5, 0.6) is 0 Å². The summed E-state index contributed by atoms with van der Waals surface area (Å²) < 4.78 is 0. The number of halogens is 1. The van der Waals surface area contributed by atoms with Crippen molar-refractivity contribution in [2.24, 2.45) is 0 Å². The van der Waals surface area contributed by atoms with E-state index in [2.05, 4.69) is 30.8 Å². The van der Waals surface area contributed by atoms with Crippen LogP contribution >= 0.6 is 22.9 Å². The summed E-state index contributed by atoms with van der Waals surface area (Å²) in [6.45, 7) is 1.66. The van der Waals surface area contributed by atoms with Gasteiger partial charge in [-0.1, -0.05) is 11.6 Å². The molecule has 2 aliphatic heterocycles. The van der Waals surface area contributed by atoms with Crippen molar-refractivity contribution in [3.63, 3.8) is 0 Å². The maximum Gasteiger partial charge on any atom is 0.314 e. The highest BCUT2D eigenvalue weighted by atomic mass is 35.5. The van der Waals surface area contributed by atoms with E-state index in [-0.39, 0.29) is 23.9 Å². The van der Waals surface area contributed by atoms with Crippen LogP contribution in [0.3, 0.4) is 0 Å². The van der Waals surface area contributed by atoms with Crippen LogP contribution in [-0.2, 0) is 27.3 Å². The van der Waals surface area contributed by atoms with E-state index in [1.54, 1.807) is 0 Å². The van der Waals surface area contributed by atoms with Crippen LogP contribution in [0.4, 0.5) is 5.82 Å². The van der Waals surface area contributed by atoms with Gasteiger partial charge in [0.2, 0.25) is 5.91 Å². The molecule has 36 heavy (non-hydrogen) atoms.